The van der Waals surface area contributed by atoms with Gasteiger partial charge in [-0.2, -0.15) is 0 Å². The molecule has 0 aliphatic carbocycles. The van der Waals surface area contributed by atoms with E-state index in [0.29, 0.717) is 0 Å². The van der Waals surface area contributed by atoms with Crippen LogP contribution in [0.25, 0.3) is 12.2 Å². The van der Waals surface area contributed by atoms with Gasteiger partial charge in [-0.05, 0) is 42.5 Å². The fraction of sp³-hybridized carbons (Fsp3) is 0.280. The molecule has 0 aromatic heterocycles. The van der Waals surface area contributed by atoms with Crippen LogP contribution in [0.15, 0.2) is 82.3 Å². The molecule has 0 saturated heterocycles. The maximum atomic E-state index is 5.86. The standard InChI is InChI=1S/2C10H11Cl.C4H7Cl.CH4/c2*1-2-10(11)8-9-6-4-3-5-7-9;1-3-4(2)5;/h2*3-8H,2H2,1H3;2-3H2,1H3;1H4/b10-8+;10-8-;;. The van der Waals surface area contributed by atoms with Crippen molar-refractivity contribution in [2.75, 3.05) is 0 Å². The lowest BCUT2D eigenvalue weighted by atomic mass is 10.2. The van der Waals surface area contributed by atoms with E-state index in [4.69, 9.17) is 34.8 Å². The highest BCUT2D eigenvalue weighted by molar-refractivity contribution is 6.31. The Bertz CT molecular complexity index is 631. The van der Waals surface area contributed by atoms with E-state index in [1.54, 1.807) is 0 Å². The van der Waals surface area contributed by atoms with Crippen LogP contribution in [0.2, 0.25) is 0 Å². The largest absolute Gasteiger partial charge is 0.0898 e. The lowest BCUT2D eigenvalue weighted by Gasteiger charge is -1.93. The summed E-state index contributed by atoms with van der Waals surface area (Å²) in [5.74, 6) is 0. The van der Waals surface area contributed by atoms with E-state index in [1.807, 2.05) is 93.6 Å². The summed E-state index contributed by atoms with van der Waals surface area (Å²) < 4.78 is 0. The smallest absolute Gasteiger partial charge is 0.0184 e. The van der Waals surface area contributed by atoms with Gasteiger partial charge in [0.25, 0.3) is 0 Å². The third-order valence-corrected chi connectivity index (χ3v) is 4.32. The van der Waals surface area contributed by atoms with Crippen molar-refractivity contribution < 1.29 is 0 Å². The van der Waals surface area contributed by atoms with Crippen molar-refractivity contribution in [3.63, 3.8) is 0 Å². The van der Waals surface area contributed by atoms with Crippen LogP contribution >= 0.6 is 34.8 Å². The third kappa shape index (κ3) is 16.7. The van der Waals surface area contributed by atoms with Crippen LogP contribution in [0.3, 0.4) is 0 Å². The molecule has 0 saturated carbocycles. The first-order valence-corrected chi connectivity index (χ1v) is 10.2. The van der Waals surface area contributed by atoms with Crippen LogP contribution in [-0.4, -0.2) is 0 Å². The van der Waals surface area contributed by atoms with Gasteiger partial charge in [0.1, 0.15) is 0 Å². The predicted molar refractivity (Wildman–Crippen MR) is 133 cm³/mol. The number of allylic oxidation sites excluding steroid dienone is 3. The van der Waals surface area contributed by atoms with E-state index in [0.717, 1.165) is 34.4 Å². The Morgan fingerprint density at radius 1 is 0.679 bits per heavy atom. The lowest BCUT2D eigenvalue weighted by Crippen LogP contribution is -1.71. The molecule has 0 nitrogen and oxygen atoms in total. The first-order valence-electron chi connectivity index (χ1n) is 9.08. The monoisotopic (exact) mass is 438 g/mol. The highest BCUT2D eigenvalue weighted by Gasteiger charge is 1.88. The maximum Gasteiger partial charge on any atom is 0.0184 e. The van der Waals surface area contributed by atoms with Gasteiger partial charge in [0.15, 0.2) is 0 Å². The number of hydrogen-bond acceptors (Lipinski definition) is 0. The van der Waals surface area contributed by atoms with E-state index in [1.165, 1.54) is 11.1 Å². The van der Waals surface area contributed by atoms with Crippen molar-refractivity contribution >= 4 is 47.0 Å². The molecule has 3 heteroatoms. The zero-order valence-corrected chi connectivity index (χ0v) is 18.7. The molecule has 2 aromatic rings. The molecular formula is C25H33Cl3. The zero-order valence-electron chi connectivity index (χ0n) is 16.4. The van der Waals surface area contributed by atoms with Crippen molar-refractivity contribution in [3.05, 3.63) is 93.5 Å². The lowest BCUT2D eigenvalue weighted by molar-refractivity contribution is 1.20. The summed E-state index contributed by atoms with van der Waals surface area (Å²) in [5, 5.41) is 2.53. The van der Waals surface area contributed by atoms with Crippen LogP contribution in [-0.2, 0) is 0 Å². The molecule has 0 bridgehead atoms. The number of rotatable bonds is 5. The van der Waals surface area contributed by atoms with Gasteiger partial charge in [-0.3, -0.25) is 0 Å². The van der Waals surface area contributed by atoms with Crippen LogP contribution in [0.4, 0.5) is 0 Å². The number of hydrogen-bond donors (Lipinski definition) is 0. The van der Waals surface area contributed by atoms with Crippen molar-refractivity contribution in [3.8, 4) is 0 Å². The van der Waals surface area contributed by atoms with E-state index >= 15 is 0 Å². The zero-order chi connectivity index (χ0) is 20.5. The summed E-state index contributed by atoms with van der Waals surface area (Å²) >= 11 is 17.0. The third-order valence-electron chi connectivity index (χ3n) is 3.30. The Kier molecular flexibility index (Phi) is 19.4. The van der Waals surface area contributed by atoms with Gasteiger partial charge in [0.05, 0.1) is 0 Å². The second kappa shape index (κ2) is 18.9. The van der Waals surface area contributed by atoms with Crippen molar-refractivity contribution in [2.24, 2.45) is 0 Å². The van der Waals surface area contributed by atoms with Gasteiger partial charge >= 0.3 is 0 Å². The fourth-order valence-electron chi connectivity index (χ4n) is 1.66. The molecule has 2 rings (SSSR count). The number of halogens is 3. The summed E-state index contributed by atoms with van der Waals surface area (Å²) in [5.41, 5.74) is 2.33. The molecule has 2 aromatic carbocycles. The average molecular weight is 440 g/mol. The maximum absolute atomic E-state index is 5.86. The summed E-state index contributed by atoms with van der Waals surface area (Å²) in [6, 6.07) is 20.2. The summed E-state index contributed by atoms with van der Waals surface area (Å²) in [7, 11) is 0. The highest BCUT2D eigenvalue weighted by Crippen LogP contribution is 2.13. The highest BCUT2D eigenvalue weighted by atomic mass is 35.5. The molecule has 0 amide bonds. The molecule has 154 valence electrons. The normalized spacial score (nSPS) is 10.5. The fourth-order valence-corrected chi connectivity index (χ4v) is 1.92. The van der Waals surface area contributed by atoms with Gasteiger partial charge < -0.3 is 0 Å². The molecular weight excluding hydrogens is 407 g/mol. The Balaban J connectivity index is 0. The molecule has 0 spiro atoms. The molecule has 0 fully saturated rings. The van der Waals surface area contributed by atoms with Crippen molar-refractivity contribution in [2.45, 2.75) is 47.5 Å². The van der Waals surface area contributed by atoms with Gasteiger partial charge in [-0.15, -0.1) is 0 Å². The topological polar surface area (TPSA) is 0 Å². The SMILES string of the molecule is C.C=C(Cl)CC.CC/C(Cl)=C/c1ccccc1.CC/C(Cl)=C\c1ccccc1. The van der Waals surface area contributed by atoms with E-state index in [9.17, 15) is 0 Å². The second-order valence-corrected chi connectivity index (χ2v) is 7.09. The Morgan fingerprint density at radius 3 is 1.18 bits per heavy atom. The molecule has 0 N–H and O–H groups in total. The minimum Gasteiger partial charge on any atom is -0.0898 e. The van der Waals surface area contributed by atoms with Crippen LogP contribution < -0.4 is 0 Å². The van der Waals surface area contributed by atoms with Crippen molar-refractivity contribution in [1.82, 2.24) is 0 Å². The molecule has 0 radical (unpaired) electrons. The first kappa shape index (κ1) is 28.7. The van der Waals surface area contributed by atoms with E-state index < -0.39 is 0 Å². The molecule has 0 atom stereocenters. The van der Waals surface area contributed by atoms with Crippen molar-refractivity contribution in [1.29, 1.82) is 0 Å². The summed E-state index contributed by atoms with van der Waals surface area (Å²) in [6.07, 6.45) is 6.65. The first-order chi connectivity index (χ1) is 12.9. The van der Waals surface area contributed by atoms with Crippen LogP contribution in [0.1, 0.15) is 58.6 Å². The summed E-state index contributed by atoms with van der Waals surface area (Å²) in [4.78, 5) is 0. The van der Waals surface area contributed by atoms with E-state index in [2.05, 4.69) is 6.58 Å². The van der Waals surface area contributed by atoms with Gasteiger partial charge in [-0.25, -0.2) is 0 Å². The minimum absolute atomic E-state index is 0. The number of benzene rings is 2. The van der Waals surface area contributed by atoms with E-state index in [-0.39, 0.29) is 7.43 Å². The molecule has 0 unspecified atom stereocenters. The quantitative estimate of drug-likeness (QED) is 0.434. The molecule has 0 aliphatic heterocycles. The Hall–Kier alpha value is -1.47. The Labute approximate surface area is 187 Å². The summed E-state index contributed by atoms with van der Waals surface area (Å²) in [6.45, 7) is 9.49. The van der Waals surface area contributed by atoms with Gasteiger partial charge in [0, 0.05) is 15.1 Å². The van der Waals surface area contributed by atoms with Gasteiger partial charge in [-0.1, -0.05) is 130 Å². The second-order valence-electron chi connectivity index (χ2n) is 5.58. The minimum atomic E-state index is 0. The Morgan fingerprint density at radius 2 is 0.964 bits per heavy atom. The molecule has 0 aliphatic rings. The average Bonchev–Trinajstić information content (AvgIpc) is 2.70. The van der Waals surface area contributed by atoms with Crippen LogP contribution in [0, 0.1) is 0 Å². The predicted octanol–water partition coefficient (Wildman–Crippen LogP) is 10.1. The van der Waals surface area contributed by atoms with Crippen LogP contribution in [0.5, 0.6) is 0 Å². The molecule has 0 heterocycles. The van der Waals surface area contributed by atoms with Gasteiger partial charge in [0.2, 0.25) is 0 Å². The molecule has 28 heavy (non-hydrogen) atoms.